The van der Waals surface area contributed by atoms with Gasteiger partial charge in [-0.15, -0.1) is 0 Å². The number of hydrogen-bond acceptors (Lipinski definition) is 5. The molecule has 19 heavy (non-hydrogen) atoms. The molecule has 0 spiro atoms. The molecule has 0 aromatic carbocycles. The fourth-order valence-corrected chi connectivity index (χ4v) is 2.39. The van der Waals surface area contributed by atoms with Gasteiger partial charge in [0.1, 0.15) is 11.6 Å². The number of nitrogens with zero attached hydrogens (tertiary/aromatic N) is 3. The largest absolute Gasteiger partial charge is 0.395 e. The van der Waals surface area contributed by atoms with E-state index in [4.69, 9.17) is 5.11 Å². The summed E-state index contributed by atoms with van der Waals surface area (Å²) in [6.45, 7) is 6.53. The Morgan fingerprint density at radius 1 is 1.37 bits per heavy atom. The van der Waals surface area contributed by atoms with Gasteiger partial charge in [-0.25, -0.2) is 4.98 Å². The minimum absolute atomic E-state index is 0.0849. The summed E-state index contributed by atoms with van der Waals surface area (Å²) in [4.78, 5) is 23.2. The second-order valence-corrected chi connectivity index (χ2v) is 4.81. The summed E-state index contributed by atoms with van der Waals surface area (Å²) in [5.41, 5.74) is -0.0849. The number of H-pyrrole nitrogens is 1. The van der Waals surface area contributed by atoms with E-state index < -0.39 is 0 Å². The van der Waals surface area contributed by atoms with E-state index in [-0.39, 0.29) is 12.2 Å². The van der Waals surface area contributed by atoms with Gasteiger partial charge in [-0.05, 0) is 13.0 Å². The van der Waals surface area contributed by atoms with Crippen molar-refractivity contribution in [1.29, 1.82) is 0 Å². The average Bonchev–Trinajstić information content (AvgIpc) is 2.64. The van der Waals surface area contributed by atoms with Gasteiger partial charge < -0.3 is 15.0 Å². The molecule has 0 atom stereocenters. The fourth-order valence-electron chi connectivity index (χ4n) is 2.39. The maximum atomic E-state index is 11.6. The smallest absolute Gasteiger partial charge is 0.252 e. The van der Waals surface area contributed by atoms with Crippen molar-refractivity contribution in [3.8, 4) is 0 Å². The summed E-state index contributed by atoms with van der Waals surface area (Å²) in [6.07, 6.45) is 1.75. The number of aryl methyl sites for hydroxylation is 1. The molecule has 0 bridgehead atoms. The number of hydrogen-bond donors (Lipinski definition) is 2. The molecular formula is C13H22N4O2. The van der Waals surface area contributed by atoms with Crippen LogP contribution in [0.2, 0.25) is 0 Å². The average molecular weight is 266 g/mol. The summed E-state index contributed by atoms with van der Waals surface area (Å²) < 4.78 is 0. The molecule has 1 fully saturated rings. The van der Waals surface area contributed by atoms with E-state index in [0.29, 0.717) is 0 Å². The van der Waals surface area contributed by atoms with Crippen LogP contribution in [0.5, 0.6) is 0 Å². The highest BCUT2D eigenvalue weighted by atomic mass is 16.3. The third-order valence-corrected chi connectivity index (χ3v) is 3.44. The van der Waals surface area contributed by atoms with E-state index in [2.05, 4.69) is 19.8 Å². The van der Waals surface area contributed by atoms with E-state index in [0.717, 1.165) is 57.2 Å². The Bertz CT molecular complexity index is 460. The molecule has 0 aliphatic carbocycles. The van der Waals surface area contributed by atoms with E-state index in [1.54, 1.807) is 6.07 Å². The fraction of sp³-hybridized carbons (Fsp3) is 0.692. The zero-order chi connectivity index (χ0) is 13.7. The second-order valence-electron chi connectivity index (χ2n) is 4.81. The van der Waals surface area contributed by atoms with Gasteiger partial charge in [0.15, 0.2) is 0 Å². The van der Waals surface area contributed by atoms with Crippen LogP contribution in [0.1, 0.15) is 19.2 Å². The Hall–Kier alpha value is -1.40. The highest BCUT2D eigenvalue weighted by Crippen LogP contribution is 2.12. The third kappa shape index (κ3) is 3.78. The van der Waals surface area contributed by atoms with Crippen LogP contribution in [-0.2, 0) is 6.42 Å². The van der Waals surface area contributed by atoms with Crippen LogP contribution in [0.3, 0.4) is 0 Å². The number of nitrogens with one attached hydrogen (secondary N) is 1. The number of rotatable bonds is 4. The zero-order valence-electron chi connectivity index (χ0n) is 11.4. The topological polar surface area (TPSA) is 72.5 Å². The van der Waals surface area contributed by atoms with Gasteiger partial charge in [-0.1, -0.05) is 6.92 Å². The normalized spacial score (nSPS) is 17.5. The second kappa shape index (κ2) is 6.68. The van der Waals surface area contributed by atoms with E-state index in [1.807, 2.05) is 6.92 Å². The molecule has 2 N–H and O–H groups in total. The van der Waals surface area contributed by atoms with Crippen molar-refractivity contribution in [1.82, 2.24) is 14.9 Å². The molecule has 106 valence electrons. The molecule has 0 amide bonds. The maximum Gasteiger partial charge on any atom is 0.252 e. The summed E-state index contributed by atoms with van der Waals surface area (Å²) in [7, 11) is 0. The van der Waals surface area contributed by atoms with Crippen molar-refractivity contribution < 1.29 is 5.11 Å². The number of aromatic nitrogens is 2. The Labute approximate surface area is 113 Å². The van der Waals surface area contributed by atoms with Crippen molar-refractivity contribution in [3.63, 3.8) is 0 Å². The van der Waals surface area contributed by atoms with Crippen LogP contribution in [0.15, 0.2) is 10.9 Å². The molecule has 1 aliphatic heterocycles. The van der Waals surface area contributed by atoms with Crippen LogP contribution >= 0.6 is 0 Å². The lowest BCUT2D eigenvalue weighted by Gasteiger charge is -2.22. The third-order valence-electron chi connectivity index (χ3n) is 3.44. The first-order valence-corrected chi connectivity index (χ1v) is 6.91. The van der Waals surface area contributed by atoms with Crippen molar-refractivity contribution in [2.75, 3.05) is 44.2 Å². The van der Waals surface area contributed by atoms with E-state index in [1.165, 1.54) is 0 Å². The number of β-amino-alcohol motifs (C(OH)–C–C–N with tert-alkyl or cyclic N) is 1. The van der Waals surface area contributed by atoms with E-state index >= 15 is 0 Å². The quantitative estimate of drug-likeness (QED) is 0.792. The zero-order valence-corrected chi connectivity index (χ0v) is 11.4. The van der Waals surface area contributed by atoms with Crippen LogP contribution in [0.4, 0.5) is 5.82 Å². The molecule has 0 unspecified atom stereocenters. The first kappa shape index (κ1) is 14.0. The first-order valence-electron chi connectivity index (χ1n) is 6.91. The molecular weight excluding hydrogens is 244 g/mol. The highest BCUT2D eigenvalue weighted by molar-refractivity contribution is 5.37. The predicted molar refractivity (Wildman–Crippen MR) is 74.6 cm³/mol. The molecule has 6 nitrogen and oxygen atoms in total. The molecule has 2 rings (SSSR count). The number of aromatic amines is 1. The van der Waals surface area contributed by atoms with E-state index in [9.17, 15) is 4.79 Å². The van der Waals surface area contributed by atoms with Gasteiger partial charge in [-0.2, -0.15) is 0 Å². The lowest BCUT2D eigenvalue weighted by molar-refractivity contribution is 0.204. The number of aliphatic hydroxyl groups is 1. The molecule has 2 heterocycles. The number of anilines is 1. The van der Waals surface area contributed by atoms with Gasteiger partial charge >= 0.3 is 0 Å². The Balaban J connectivity index is 2.09. The van der Waals surface area contributed by atoms with Crippen LogP contribution in [0.25, 0.3) is 0 Å². The molecule has 1 saturated heterocycles. The summed E-state index contributed by atoms with van der Waals surface area (Å²) in [5.74, 6) is 1.51. The minimum atomic E-state index is -0.0849. The van der Waals surface area contributed by atoms with Crippen LogP contribution < -0.4 is 10.5 Å². The molecule has 1 aromatic heterocycles. The number of aliphatic hydroxyl groups excluding tert-OH is 1. The monoisotopic (exact) mass is 266 g/mol. The van der Waals surface area contributed by atoms with Crippen LogP contribution in [0, 0.1) is 0 Å². The Morgan fingerprint density at radius 3 is 2.95 bits per heavy atom. The van der Waals surface area contributed by atoms with Crippen molar-refractivity contribution >= 4 is 5.82 Å². The molecule has 1 aliphatic rings. The first-order chi connectivity index (χ1) is 9.22. The predicted octanol–water partition coefficient (Wildman–Crippen LogP) is -0.163. The standard InChI is InChI=1S/C13H22N4O2/c1-2-11-14-12(10-13(19)15-11)17-5-3-4-16(6-7-17)8-9-18/h10,18H,2-9H2,1H3,(H,14,15,19). The summed E-state index contributed by atoms with van der Waals surface area (Å²) >= 11 is 0. The minimum Gasteiger partial charge on any atom is -0.395 e. The molecule has 1 aromatic rings. The Morgan fingerprint density at radius 2 is 2.21 bits per heavy atom. The van der Waals surface area contributed by atoms with Gasteiger partial charge in [0, 0.05) is 38.7 Å². The Kier molecular flexibility index (Phi) is 4.93. The summed E-state index contributed by atoms with van der Waals surface area (Å²) in [5, 5.41) is 8.98. The van der Waals surface area contributed by atoms with Gasteiger partial charge in [0.25, 0.3) is 5.56 Å². The summed E-state index contributed by atoms with van der Waals surface area (Å²) in [6, 6.07) is 1.57. The highest BCUT2D eigenvalue weighted by Gasteiger charge is 2.16. The van der Waals surface area contributed by atoms with Crippen molar-refractivity contribution in [2.24, 2.45) is 0 Å². The van der Waals surface area contributed by atoms with Gasteiger partial charge in [-0.3, -0.25) is 9.69 Å². The lowest BCUT2D eigenvalue weighted by atomic mass is 10.3. The molecule has 0 saturated carbocycles. The SMILES string of the molecule is CCc1nc(N2CCCN(CCO)CC2)cc(=O)[nH]1. The van der Waals surface area contributed by atoms with Crippen molar-refractivity contribution in [3.05, 3.63) is 22.2 Å². The molecule has 0 radical (unpaired) electrons. The van der Waals surface area contributed by atoms with Crippen molar-refractivity contribution in [2.45, 2.75) is 19.8 Å². The maximum absolute atomic E-state index is 11.6. The van der Waals surface area contributed by atoms with Crippen LogP contribution in [-0.4, -0.2) is 59.3 Å². The van der Waals surface area contributed by atoms with Gasteiger partial charge in [0.05, 0.1) is 6.61 Å². The van der Waals surface area contributed by atoms with Gasteiger partial charge in [0.2, 0.25) is 0 Å². The lowest BCUT2D eigenvalue weighted by Crippen LogP contribution is -2.33. The molecule has 6 heteroatoms.